The first-order chi connectivity index (χ1) is 6.76. The third-order valence-corrected chi connectivity index (χ3v) is 4.10. The molecular weight excluding hydrogens is 208 g/mol. The van der Waals surface area contributed by atoms with E-state index in [9.17, 15) is 0 Å². The predicted molar refractivity (Wildman–Crippen MR) is 69.5 cm³/mol. The van der Waals surface area contributed by atoms with Crippen molar-refractivity contribution < 1.29 is 0 Å². The lowest BCUT2D eigenvalue weighted by Crippen LogP contribution is -2.03. The molecule has 1 aromatic rings. The molecule has 14 heavy (non-hydrogen) atoms. The average Bonchev–Trinajstić information content (AvgIpc) is 2.22. The third kappa shape index (κ3) is 3.97. The van der Waals surface area contributed by atoms with Crippen LogP contribution in [-0.4, -0.2) is 11.5 Å². The smallest absolute Gasteiger partial charge is 0.00722 e. The van der Waals surface area contributed by atoms with Crippen molar-refractivity contribution >= 4 is 24.4 Å². The Hall–Kier alpha value is -0.0800. The molecular formula is C12H18S2. The molecule has 2 heteroatoms. The summed E-state index contributed by atoms with van der Waals surface area (Å²) in [5, 5.41) is 0. The number of thioether (sulfide) groups is 1. The van der Waals surface area contributed by atoms with Crippen molar-refractivity contribution in [2.45, 2.75) is 25.2 Å². The van der Waals surface area contributed by atoms with E-state index in [-0.39, 0.29) is 0 Å². The Kier molecular flexibility index (Phi) is 5.49. The quantitative estimate of drug-likeness (QED) is 0.584. The van der Waals surface area contributed by atoms with Crippen LogP contribution in [0.25, 0.3) is 0 Å². The first-order valence-corrected chi connectivity index (χ1v) is 6.68. The summed E-state index contributed by atoms with van der Waals surface area (Å²) in [6, 6.07) is 8.74. The minimum atomic E-state index is 0.740. The van der Waals surface area contributed by atoms with Crippen LogP contribution < -0.4 is 0 Å². The highest BCUT2D eigenvalue weighted by molar-refractivity contribution is 7.99. The summed E-state index contributed by atoms with van der Waals surface area (Å²) < 4.78 is 0. The summed E-state index contributed by atoms with van der Waals surface area (Å²) in [4.78, 5) is 1.37. The molecule has 0 heterocycles. The van der Waals surface area contributed by atoms with Crippen molar-refractivity contribution in [3.8, 4) is 0 Å². The fourth-order valence-corrected chi connectivity index (χ4v) is 2.82. The number of thiol groups is 1. The second-order valence-electron chi connectivity index (χ2n) is 3.58. The lowest BCUT2D eigenvalue weighted by atomic mass is 10.2. The van der Waals surface area contributed by atoms with Gasteiger partial charge in [-0.2, -0.15) is 12.6 Å². The van der Waals surface area contributed by atoms with Crippen LogP contribution in [-0.2, 0) is 0 Å². The highest BCUT2D eigenvalue weighted by Crippen LogP contribution is 2.22. The van der Waals surface area contributed by atoms with Gasteiger partial charge in [0.1, 0.15) is 0 Å². The number of hydrogen-bond donors (Lipinski definition) is 1. The Labute approximate surface area is 96.9 Å². The zero-order valence-electron chi connectivity index (χ0n) is 8.86. The lowest BCUT2D eigenvalue weighted by Gasteiger charge is -2.10. The number of rotatable bonds is 5. The Balaban J connectivity index is 2.41. The minimum absolute atomic E-state index is 0.740. The maximum atomic E-state index is 4.35. The molecule has 0 radical (unpaired) electrons. The van der Waals surface area contributed by atoms with Gasteiger partial charge in [-0.1, -0.05) is 31.0 Å². The maximum Gasteiger partial charge on any atom is 0.00722 e. The molecule has 0 N–H and O–H groups in total. The highest BCUT2D eigenvalue weighted by atomic mass is 32.2. The van der Waals surface area contributed by atoms with Gasteiger partial charge in [-0.05, 0) is 30.7 Å². The van der Waals surface area contributed by atoms with Gasteiger partial charge < -0.3 is 0 Å². The molecule has 78 valence electrons. The molecule has 0 aliphatic rings. The molecule has 0 bridgehead atoms. The largest absolute Gasteiger partial charge is 0.179 e. The summed E-state index contributed by atoms with van der Waals surface area (Å²) >= 11 is 6.28. The van der Waals surface area contributed by atoms with Crippen LogP contribution >= 0.6 is 24.4 Å². The minimum Gasteiger partial charge on any atom is -0.179 e. The first-order valence-electron chi connectivity index (χ1n) is 5.06. The summed E-state index contributed by atoms with van der Waals surface area (Å²) in [6.07, 6.45) is 1.22. The second kappa shape index (κ2) is 6.41. The molecule has 0 fully saturated rings. The van der Waals surface area contributed by atoms with Gasteiger partial charge in [0.15, 0.2) is 0 Å². The van der Waals surface area contributed by atoms with Gasteiger partial charge in [-0.15, -0.1) is 11.8 Å². The van der Waals surface area contributed by atoms with Crippen LogP contribution in [0, 0.1) is 12.8 Å². The Morgan fingerprint density at radius 2 is 1.93 bits per heavy atom. The first kappa shape index (κ1) is 12.0. The fourth-order valence-electron chi connectivity index (χ4n) is 1.15. The summed E-state index contributed by atoms with van der Waals surface area (Å²) in [6.45, 7) is 4.35. The Bertz CT molecular complexity index is 250. The van der Waals surface area contributed by atoms with E-state index >= 15 is 0 Å². The predicted octanol–water partition coefficient (Wildman–Crippen LogP) is 4.04. The fraction of sp³-hybridized carbons (Fsp3) is 0.500. The molecule has 1 atom stereocenters. The van der Waals surface area contributed by atoms with Gasteiger partial charge in [-0.25, -0.2) is 0 Å². The molecule has 0 amide bonds. The van der Waals surface area contributed by atoms with Crippen molar-refractivity contribution in [2.75, 3.05) is 11.5 Å². The van der Waals surface area contributed by atoms with Crippen molar-refractivity contribution in [1.29, 1.82) is 0 Å². The maximum absolute atomic E-state index is 4.35. The summed E-state index contributed by atoms with van der Waals surface area (Å²) in [5.41, 5.74) is 1.33. The molecule has 0 aliphatic heterocycles. The molecule has 1 unspecified atom stereocenters. The van der Waals surface area contributed by atoms with Gasteiger partial charge in [-0.3, -0.25) is 0 Å². The Morgan fingerprint density at radius 3 is 2.43 bits per heavy atom. The van der Waals surface area contributed by atoms with Gasteiger partial charge >= 0.3 is 0 Å². The molecule has 0 nitrogen and oxygen atoms in total. The van der Waals surface area contributed by atoms with E-state index in [1.165, 1.54) is 22.6 Å². The molecule has 1 rings (SSSR count). The van der Waals surface area contributed by atoms with Crippen molar-refractivity contribution in [2.24, 2.45) is 5.92 Å². The second-order valence-corrected chi connectivity index (χ2v) is 5.04. The van der Waals surface area contributed by atoms with Crippen LogP contribution in [0.1, 0.15) is 18.9 Å². The molecule has 0 aliphatic carbocycles. The summed E-state index contributed by atoms with van der Waals surface area (Å²) in [7, 11) is 0. The van der Waals surface area contributed by atoms with E-state index in [4.69, 9.17) is 0 Å². The number of benzene rings is 1. The van der Waals surface area contributed by atoms with Gasteiger partial charge in [0, 0.05) is 10.6 Å². The molecule has 0 spiro atoms. The zero-order valence-corrected chi connectivity index (χ0v) is 10.6. The van der Waals surface area contributed by atoms with E-state index < -0.39 is 0 Å². The average molecular weight is 226 g/mol. The van der Waals surface area contributed by atoms with Crippen LogP contribution in [0.15, 0.2) is 29.2 Å². The standard InChI is InChI=1S/C12H18S2/c1-3-11(8-13)9-14-12-6-4-10(2)5-7-12/h4-7,11,13H,3,8-9H2,1-2H3. The van der Waals surface area contributed by atoms with Crippen LogP contribution in [0.2, 0.25) is 0 Å². The van der Waals surface area contributed by atoms with Gasteiger partial charge in [0.25, 0.3) is 0 Å². The van der Waals surface area contributed by atoms with Crippen molar-refractivity contribution in [3.63, 3.8) is 0 Å². The number of aryl methyl sites for hydroxylation is 1. The molecule has 0 saturated heterocycles. The van der Waals surface area contributed by atoms with Crippen molar-refractivity contribution in [1.82, 2.24) is 0 Å². The topological polar surface area (TPSA) is 0 Å². The van der Waals surface area contributed by atoms with Crippen LogP contribution in [0.4, 0.5) is 0 Å². The van der Waals surface area contributed by atoms with E-state index in [0.29, 0.717) is 0 Å². The van der Waals surface area contributed by atoms with E-state index in [1.54, 1.807) is 0 Å². The Morgan fingerprint density at radius 1 is 1.29 bits per heavy atom. The molecule has 1 aromatic carbocycles. The SMILES string of the molecule is CCC(CS)CSc1ccc(C)cc1. The highest BCUT2D eigenvalue weighted by Gasteiger charge is 2.04. The van der Waals surface area contributed by atoms with E-state index in [2.05, 4.69) is 50.7 Å². The van der Waals surface area contributed by atoms with Crippen LogP contribution in [0.3, 0.4) is 0 Å². The summed E-state index contributed by atoms with van der Waals surface area (Å²) in [5.74, 6) is 2.92. The molecule has 0 saturated carbocycles. The van der Waals surface area contributed by atoms with Gasteiger partial charge in [0.2, 0.25) is 0 Å². The van der Waals surface area contributed by atoms with E-state index in [0.717, 1.165) is 11.7 Å². The number of hydrogen-bond acceptors (Lipinski definition) is 2. The third-order valence-electron chi connectivity index (χ3n) is 2.34. The van der Waals surface area contributed by atoms with E-state index in [1.807, 2.05) is 11.8 Å². The zero-order chi connectivity index (χ0) is 10.4. The van der Waals surface area contributed by atoms with Gasteiger partial charge in [0.05, 0.1) is 0 Å². The molecule has 0 aromatic heterocycles. The normalized spacial score (nSPS) is 12.8. The monoisotopic (exact) mass is 226 g/mol. The van der Waals surface area contributed by atoms with Crippen molar-refractivity contribution in [3.05, 3.63) is 29.8 Å². The van der Waals surface area contributed by atoms with Crippen LogP contribution in [0.5, 0.6) is 0 Å². The lowest BCUT2D eigenvalue weighted by molar-refractivity contribution is 0.649.